The zero-order chi connectivity index (χ0) is 37.1. The molecule has 2 aromatic heterocycles. The summed E-state index contributed by atoms with van der Waals surface area (Å²) >= 11 is 0. The molecule has 0 fully saturated rings. The molecule has 1 aromatic carbocycles. The van der Waals surface area contributed by atoms with Crippen molar-refractivity contribution in [3.05, 3.63) is 64.5 Å². The highest BCUT2D eigenvalue weighted by Crippen LogP contribution is 2.30. The van der Waals surface area contributed by atoms with Crippen LogP contribution < -0.4 is 27.0 Å². The largest absolute Gasteiger partial charge is 0.444 e. The maximum absolute atomic E-state index is 13.8. The molecule has 272 valence electrons. The molecule has 0 bridgehead atoms. The first-order chi connectivity index (χ1) is 23.4. The van der Waals surface area contributed by atoms with Crippen molar-refractivity contribution in [2.45, 2.75) is 97.9 Å². The molecule has 0 aliphatic carbocycles. The third-order valence-corrected chi connectivity index (χ3v) is 7.15. The summed E-state index contributed by atoms with van der Waals surface area (Å²) in [6, 6.07) is 9.92. The number of amides is 3. The number of alkyl carbamates (subject to hydrolysis) is 2. The number of aromatic nitrogens is 2. The van der Waals surface area contributed by atoms with Crippen LogP contribution in [0.25, 0.3) is 11.1 Å². The zero-order valence-electron chi connectivity index (χ0n) is 29.9. The molecule has 1 unspecified atom stereocenters. The number of nitrogen functional groups attached to an aromatic ring is 1. The lowest BCUT2D eigenvalue weighted by atomic mass is 10.0. The Labute approximate surface area is 292 Å². The maximum atomic E-state index is 13.8. The summed E-state index contributed by atoms with van der Waals surface area (Å²) in [5, 5.41) is 22.5. The monoisotopic (exact) mass is 694 g/mol. The van der Waals surface area contributed by atoms with Crippen molar-refractivity contribution < 1.29 is 28.8 Å². The summed E-state index contributed by atoms with van der Waals surface area (Å²) in [6.45, 7) is 13.9. The van der Waals surface area contributed by atoms with E-state index >= 15 is 0 Å². The Morgan fingerprint density at radius 1 is 0.940 bits per heavy atom. The number of nitrogens with zero attached hydrogens (tertiary/aromatic N) is 3. The molecular formula is C35H50N8O7. The number of hydrogen-bond donors (Lipinski definition) is 5. The van der Waals surface area contributed by atoms with Gasteiger partial charge in [0.05, 0.1) is 10.6 Å². The minimum Gasteiger partial charge on any atom is -0.444 e. The van der Waals surface area contributed by atoms with E-state index in [1.165, 1.54) is 17.7 Å². The molecule has 0 radical (unpaired) electrons. The lowest BCUT2D eigenvalue weighted by Crippen LogP contribution is -2.46. The Morgan fingerprint density at radius 3 is 2.20 bits per heavy atom. The van der Waals surface area contributed by atoms with Crippen LogP contribution in [-0.4, -0.2) is 62.9 Å². The van der Waals surface area contributed by atoms with Gasteiger partial charge in [0.1, 0.15) is 23.1 Å². The highest BCUT2D eigenvalue weighted by atomic mass is 16.6. The minimum absolute atomic E-state index is 0.164. The Morgan fingerprint density at radius 2 is 1.60 bits per heavy atom. The third kappa shape index (κ3) is 12.9. The van der Waals surface area contributed by atoms with Gasteiger partial charge in [-0.1, -0.05) is 31.2 Å². The standard InChI is InChI=1S/C35H50N8O7/c1-8-23-12-14-24(15-13-23)25-21-42(20-10-19-37-29-17-16-28(43(47)48)30(36)41-29)22-27(25)39-31(44)26(40-33(46)50-35(5,6)7)11-9-18-38-32(45)49-34(2,3)4/h12-17,21-22,26H,8-11,18-20H2,1-7H3,(H,38,45)(H,39,44)(H,40,46)(H3,36,37,41). The van der Waals surface area contributed by atoms with E-state index in [4.69, 9.17) is 15.2 Å². The van der Waals surface area contributed by atoms with Crippen LogP contribution in [-0.2, 0) is 27.2 Å². The Hall–Kier alpha value is -5.34. The number of nitrogens with two attached hydrogens (primary N) is 1. The topological polar surface area (TPSA) is 205 Å². The van der Waals surface area contributed by atoms with Gasteiger partial charge in [-0.25, -0.2) is 14.6 Å². The number of aryl methyl sites for hydroxylation is 2. The number of rotatable bonds is 15. The number of anilines is 3. The third-order valence-electron chi connectivity index (χ3n) is 7.15. The number of carbonyl (C=O) groups is 3. The van der Waals surface area contributed by atoms with Gasteiger partial charge in [-0.3, -0.25) is 14.9 Å². The van der Waals surface area contributed by atoms with Gasteiger partial charge in [-0.2, -0.15) is 0 Å². The van der Waals surface area contributed by atoms with Crippen LogP contribution in [0.4, 0.5) is 32.6 Å². The summed E-state index contributed by atoms with van der Waals surface area (Å²) in [5.41, 5.74) is 7.46. The fraction of sp³-hybridized carbons (Fsp3) is 0.486. The van der Waals surface area contributed by atoms with Crippen LogP contribution in [0.1, 0.15) is 73.3 Å². The lowest BCUT2D eigenvalue weighted by Gasteiger charge is -2.23. The first-order valence-corrected chi connectivity index (χ1v) is 16.6. The molecule has 0 saturated heterocycles. The molecule has 3 rings (SSSR count). The number of nitrogens with one attached hydrogen (secondary N) is 4. The first kappa shape index (κ1) is 39.1. The second-order valence-corrected chi connectivity index (χ2v) is 13.8. The molecule has 6 N–H and O–H groups in total. The predicted octanol–water partition coefficient (Wildman–Crippen LogP) is 6.24. The number of nitro groups is 1. The molecular weight excluding hydrogens is 644 g/mol. The van der Waals surface area contributed by atoms with E-state index in [1.54, 1.807) is 41.5 Å². The number of benzene rings is 1. The Kier molecular flexibility index (Phi) is 13.6. The van der Waals surface area contributed by atoms with Gasteiger partial charge in [0, 0.05) is 43.7 Å². The van der Waals surface area contributed by atoms with E-state index in [0.29, 0.717) is 37.4 Å². The average Bonchev–Trinajstić information content (AvgIpc) is 3.41. The zero-order valence-corrected chi connectivity index (χ0v) is 29.9. The van der Waals surface area contributed by atoms with Crippen LogP contribution in [0, 0.1) is 10.1 Å². The van der Waals surface area contributed by atoms with E-state index in [9.17, 15) is 24.5 Å². The minimum atomic E-state index is -0.963. The molecule has 3 aromatic rings. The average molecular weight is 695 g/mol. The van der Waals surface area contributed by atoms with Crippen LogP contribution in [0.3, 0.4) is 0 Å². The molecule has 2 heterocycles. The Bertz CT molecular complexity index is 1630. The molecule has 50 heavy (non-hydrogen) atoms. The van der Waals surface area contributed by atoms with Crippen LogP contribution in [0.5, 0.6) is 0 Å². The van der Waals surface area contributed by atoms with E-state index < -0.39 is 40.3 Å². The van der Waals surface area contributed by atoms with Crippen molar-refractivity contribution >= 4 is 41.1 Å². The smallest absolute Gasteiger partial charge is 0.408 e. The van der Waals surface area contributed by atoms with Gasteiger partial charge in [-0.05, 0) is 84.4 Å². The van der Waals surface area contributed by atoms with Gasteiger partial charge in [0.2, 0.25) is 11.7 Å². The van der Waals surface area contributed by atoms with E-state index in [2.05, 4.69) is 33.2 Å². The summed E-state index contributed by atoms with van der Waals surface area (Å²) < 4.78 is 12.7. The van der Waals surface area contributed by atoms with Gasteiger partial charge < -0.3 is 41.0 Å². The normalized spacial score (nSPS) is 12.1. The van der Waals surface area contributed by atoms with Gasteiger partial charge in [0.15, 0.2) is 0 Å². The predicted molar refractivity (Wildman–Crippen MR) is 193 cm³/mol. The molecule has 0 aliphatic rings. The van der Waals surface area contributed by atoms with Crippen molar-refractivity contribution in [2.75, 3.05) is 29.5 Å². The van der Waals surface area contributed by atoms with Crippen molar-refractivity contribution in [3.63, 3.8) is 0 Å². The molecule has 0 aliphatic heterocycles. The quantitative estimate of drug-likeness (QED) is 0.0688. The van der Waals surface area contributed by atoms with Gasteiger partial charge >= 0.3 is 17.9 Å². The molecule has 3 amide bonds. The molecule has 15 heteroatoms. The maximum Gasteiger partial charge on any atom is 0.408 e. The van der Waals surface area contributed by atoms with Crippen molar-refractivity contribution in [1.29, 1.82) is 0 Å². The SMILES string of the molecule is CCc1ccc(-c2cn(CCCNc3ccc([N+](=O)[O-])c(N)n3)cc2NC(=O)C(CCCNC(=O)OC(C)(C)C)NC(=O)OC(C)(C)C)cc1. The van der Waals surface area contributed by atoms with Crippen LogP contribution >= 0.6 is 0 Å². The molecule has 15 nitrogen and oxygen atoms in total. The molecule has 0 saturated carbocycles. The summed E-state index contributed by atoms with van der Waals surface area (Å²) in [4.78, 5) is 53.1. The van der Waals surface area contributed by atoms with Crippen molar-refractivity contribution in [1.82, 2.24) is 20.2 Å². The number of hydrogen-bond acceptors (Lipinski definition) is 10. The second-order valence-electron chi connectivity index (χ2n) is 13.8. The van der Waals surface area contributed by atoms with E-state index in [0.717, 1.165) is 17.5 Å². The van der Waals surface area contributed by atoms with Crippen molar-refractivity contribution in [2.24, 2.45) is 0 Å². The van der Waals surface area contributed by atoms with Gasteiger partial charge in [-0.15, -0.1) is 0 Å². The summed E-state index contributed by atoms with van der Waals surface area (Å²) in [6.07, 6.45) is 4.61. The second kappa shape index (κ2) is 17.4. The summed E-state index contributed by atoms with van der Waals surface area (Å²) in [7, 11) is 0. The van der Waals surface area contributed by atoms with Crippen molar-refractivity contribution in [3.8, 4) is 11.1 Å². The van der Waals surface area contributed by atoms with E-state index in [1.807, 2.05) is 41.2 Å². The molecule has 0 spiro atoms. The summed E-state index contributed by atoms with van der Waals surface area (Å²) in [5.74, 6) is -0.181. The molecule has 1 atom stereocenters. The van der Waals surface area contributed by atoms with Crippen LogP contribution in [0.15, 0.2) is 48.8 Å². The highest BCUT2D eigenvalue weighted by Gasteiger charge is 2.26. The van der Waals surface area contributed by atoms with Gasteiger partial charge in [0.25, 0.3) is 0 Å². The Balaban J connectivity index is 1.76. The number of carbonyl (C=O) groups excluding carboxylic acids is 3. The fourth-order valence-corrected chi connectivity index (χ4v) is 4.83. The number of pyridine rings is 1. The van der Waals surface area contributed by atoms with E-state index in [-0.39, 0.29) is 24.5 Å². The highest BCUT2D eigenvalue weighted by molar-refractivity contribution is 5.99. The lowest BCUT2D eigenvalue weighted by molar-refractivity contribution is -0.384. The van der Waals surface area contributed by atoms with Crippen LogP contribution in [0.2, 0.25) is 0 Å². The first-order valence-electron chi connectivity index (χ1n) is 16.6. The fourth-order valence-electron chi connectivity index (χ4n) is 4.83. The number of ether oxygens (including phenoxy) is 2.